The minimum absolute atomic E-state index is 0.0378. The third-order valence-corrected chi connectivity index (χ3v) is 5.58. The van der Waals surface area contributed by atoms with Crippen molar-refractivity contribution in [1.82, 2.24) is 5.32 Å². The molecule has 0 aliphatic carbocycles. The molecule has 2 aromatic rings. The van der Waals surface area contributed by atoms with Crippen molar-refractivity contribution in [3.05, 3.63) is 41.3 Å². The Hall–Kier alpha value is -3.24. The van der Waals surface area contributed by atoms with E-state index in [1.165, 1.54) is 17.0 Å². The summed E-state index contributed by atoms with van der Waals surface area (Å²) < 4.78 is 21.6. The van der Waals surface area contributed by atoms with Crippen molar-refractivity contribution < 1.29 is 33.0 Å². The molecule has 162 valence electrons. The van der Waals surface area contributed by atoms with E-state index in [2.05, 4.69) is 5.32 Å². The fourth-order valence-electron chi connectivity index (χ4n) is 3.87. The summed E-state index contributed by atoms with van der Waals surface area (Å²) in [7, 11) is 0. The minimum atomic E-state index is -0.601. The fourth-order valence-corrected chi connectivity index (χ4v) is 4.02. The highest BCUT2D eigenvalue weighted by Gasteiger charge is 2.46. The zero-order chi connectivity index (χ0) is 21.5. The molecule has 2 saturated heterocycles. The molecular weight excluding hydrogens is 430 g/mol. The van der Waals surface area contributed by atoms with E-state index in [4.69, 9.17) is 30.2 Å². The van der Waals surface area contributed by atoms with Crippen molar-refractivity contribution in [2.45, 2.75) is 12.1 Å². The molecule has 4 heterocycles. The molecule has 1 N–H and O–H groups in total. The van der Waals surface area contributed by atoms with Crippen LogP contribution in [0.3, 0.4) is 0 Å². The normalized spacial score (nSPS) is 22.5. The van der Waals surface area contributed by atoms with E-state index < -0.39 is 24.1 Å². The molecule has 0 bridgehead atoms. The number of ether oxygens (including phenoxy) is 3. The van der Waals surface area contributed by atoms with E-state index >= 15 is 0 Å². The van der Waals surface area contributed by atoms with Gasteiger partial charge in [0, 0.05) is 18.3 Å². The van der Waals surface area contributed by atoms with Gasteiger partial charge < -0.3 is 28.8 Å². The number of morpholine rings is 1. The number of amides is 3. The minimum Gasteiger partial charge on any atom is -0.489 e. The van der Waals surface area contributed by atoms with Crippen LogP contribution in [0.1, 0.15) is 10.6 Å². The SMILES string of the molecule is O=C(NC[C@@H]1OC(=O)N2c3ccc(N4CCOCC4=O)cc3OC[C@@H]12)c1ccc(Cl)o1. The number of hydrogen-bond donors (Lipinski definition) is 1. The molecule has 0 saturated carbocycles. The molecule has 5 rings (SSSR count). The maximum Gasteiger partial charge on any atom is 0.415 e. The van der Waals surface area contributed by atoms with Gasteiger partial charge in [0.2, 0.25) is 0 Å². The first kappa shape index (κ1) is 19.7. The van der Waals surface area contributed by atoms with Crippen LogP contribution in [0.15, 0.2) is 34.7 Å². The van der Waals surface area contributed by atoms with Crippen LogP contribution in [0.25, 0.3) is 0 Å². The van der Waals surface area contributed by atoms with Crippen LogP contribution in [0.4, 0.5) is 16.2 Å². The number of cyclic esters (lactones) is 1. The highest BCUT2D eigenvalue weighted by atomic mass is 35.5. The predicted octanol–water partition coefficient (Wildman–Crippen LogP) is 1.81. The number of nitrogens with one attached hydrogen (secondary N) is 1. The van der Waals surface area contributed by atoms with E-state index in [0.717, 1.165) is 0 Å². The second-order valence-electron chi connectivity index (χ2n) is 7.23. The Morgan fingerprint density at radius 3 is 2.87 bits per heavy atom. The van der Waals surface area contributed by atoms with Crippen molar-refractivity contribution in [3.8, 4) is 5.75 Å². The van der Waals surface area contributed by atoms with Crippen LogP contribution in [0.2, 0.25) is 5.22 Å². The van der Waals surface area contributed by atoms with Gasteiger partial charge in [-0.15, -0.1) is 0 Å². The number of fused-ring (bicyclic) bond motifs is 3. The first-order valence-corrected chi connectivity index (χ1v) is 10.1. The number of rotatable bonds is 4. The van der Waals surface area contributed by atoms with E-state index in [1.807, 2.05) is 0 Å². The van der Waals surface area contributed by atoms with Crippen LogP contribution < -0.4 is 19.9 Å². The van der Waals surface area contributed by atoms with Gasteiger partial charge in [-0.2, -0.15) is 0 Å². The number of anilines is 2. The van der Waals surface area contributed by atoms with Crippen LogP contribution in [-0.2, 0) is 14.3 Å². The molecule has 31 heavy (non-hydrogen) atoms. The molecule has 1 aromatic heterocycles. The maximum atomic E-state index is 12.6. The molecule has 3 amide bonds. The largest absolute Gasteiger partial charge is 0.489 e. The maximum absolute atomic E-state index is 12.6. The summed E-state index contributed by atoms with van der Waals surface area (Å²) in [5.41, 5.74) is 1.23. The lowest BCUT2D eigenvalue weighted by atomic mass is 10.1. The summed E-state index contributed by atoms with van der Waals surface area (Å²) in [6, 6.07) is 7.75. The van der Waals surface area contributed by atoms with Gasteiger partial charge in [-0.1, -0.05) is 0 Å². The molecular formula is C20H18ClN3O7. The lowest BCUT2D eigenvalue weighted by molar-refractivity contribution is -0.125. The Morgan fingerprint density at radius 1 is 1.23 bits per heavy atom. The van der Waals surface area contributed by atoms with E-state index in [0.29, 0.717) is 30.3 Å². The van der Waals surface area contributed by atoms with Crippen molar-refractivity contribution >= 4 is 40.9 Å². The van der Waals surface area contributed by atoms with E-state index in [9.17, 15) is 14.4 Å². The van der Waals surface area contributed by atoms with E-state index in [1.54, 1.807) is 23.1 Å². The fraction of sp³-hybridized carbons (Fsp3) is 0.350. The monoisotopic (exact) mass is 447 g/mol. The predicted molar refractivity (Wildman–Crippen MR) is 108 cm³/mol. The van der Waals surface area contributed by atoms with Crippen LogP contribution in [0.5, 0.6) is 5.75 Å². The van der Waals surface area contributed by atoms with Crippen LogP contribution >= 0.6 is 11.6 Å². The van der Waals surface area contributed by atoms with Crippen molar-refractivity contribution in [2.75, 3.05) is 42.7 Å². The number of benzene rings is 1. The third kappa shape index (κ3) is 3.57. The Kier molecular flexibility index (Phi) is 4.95. The quantitative estimate of drug-likeness (QED) is 0.761. The summed E-state index contributed by atoms with van der Waals surface area (Å²) in [4.78, 5) is 40.0. The highest BCUT2D eigenvalue weighted by molar-refractivity contribution is 6.29. The molecule has 2 fully saturated rings. The number of nitrogens with zero attached hydrogens (tertiary/aromatic N) is 2. The molecule has 0 spiro atoms. The smallest absolute Gasteiger partial charge is 0.415 e. The lowest BCUT2D eigenvalue weighted by Gasteiger charge is -2.33. The molecule has 1 aromatic carbocycles. The average Bonchev–Trinajstić information content (AvgIpc) is 3.35. The first-order chi connectivity index (χ1) is 15.0. The Balaban J connectivity index is 1.30. The van der Waals surface area contributed by atoms with Crippen molar-refractivity contribution in [2.24, 2.45) is 0 Å². The summed E-state index contributed by atoms with van der Waals surface area (Å²) in [5.74, 6) is -0.0334. The number of halogens is 1. The number of hydrogen-bond acceptors (Lipinski definition) is 7. The second kappa shape index (κ2) is 7.78. The van der Waals surface area contributed by atoms with Gasteiger partial charge in [-0.3, -0.25) is 14.5 Å². The van der Waals surface area contributed by atoms with Crippen LogP contribution in [0, 0.1) is 0 Å². The summed E-state index contributed by atoms with van der Waals surface area (Å²) in [6.45, 7) is 1.22. The lowest BCUT2D eigenvalue weighted by Crippen LogP contribution is -2.48. The molecule has 3 aliphatic rings. The van der Waals surface area contributed by atoms with Gasteiger partial charge in [0.25, 0.3) is 11.8 Å². The van der Waals surface area contributed by atoms with Crippen molar-refractivity contribution in [1.29, 1.82) is 0 Å². The van der Waals surface area contributed by atoms with Gasteiger partial charge in [-0.05, 0) is 35.9 Å². The number of carbonyl (C=O) groups is 3. The Morgan fingerprint density at radius 2 is 2.10 bits per heavy atom. The molecule has 10 nitrogen and oxygen atoms in total. The van der Waals surface area contributed by atoms with Crippen molar-refractivity contribution in [3.63, 3.8) is 0 Å². The van der Waals surface area contributed by atoms with Gasteiger partial charge in [0.1, 0.15) is 31.1 Å². The molecule has 0 unspecified atom stereocenters. The average molecular weight is 448 g/mol. The summed E-state index contributed by atoms with van der Waals surface area (Å²) in [5, 5.41) is 2.79. The molecule has 2 atom stereocenters. The van der Waals surface area contributed by atoms with Gasteiger partial charge in [0.05, 0.1) is 18.8 Å². The Bertz CT molecular complexity index is 1060. The molecule has 11 heteroatoms. The van der Waals surface area contributed by atoms with Crippen LogP contribution in [-0.4, -0.2) is 63.0 Å². The zero-order valence-corrected chi connectivity index (χ0v) is 17.0. The highest BCUT2D eigenvalue weighted by Crippen LogP contribution is 2.41. The number of furan rings is 1. The second-order valence-corrected chi connectivity index (χ2v) is 7.61. The third-order valence-electron chi connectivity index (χ3n) is 5.38. The topological polar surface area (TPSA) is 111 Å². The van der Waals surface area contributed by atoms with Gasteiger partial charge in [0.15, 0.2) is 11.0 Å². The molecule has 3 aliphatic heterocycles. The summed E-state index contributed by atoms with van der Waals surface area (Å²) in [6.07, 6.45) is -1.12. The van der Waals surface area contributed by atoms with E-state index in [-0.39, 0.29) is 36.6 Å². The number of carbonyl (C=O) groups excluding carboxylic acids is 3. The molecule has 0 radical (unpaired) electrons. The summed E-state index contributed by atoms with van der Waals surface area (Å²) >= 11 is 5.69. The van der Waals surface area contributed by atoms with Gasteiger partial charge >= 0.3 is 6.09 Å². The first-order valence-electron chi connectivity index (χ1n) is 9.69. The standard InChI is InChI=1S/C20H18ClN3O7/c21-17-4-3-14(30-17)19(26)22-8-16-13-9-29-15-7-11(23-5-6-28-10-18(23)25)1-2-12(15)24(13)20(27)31-16/h1-4,7,13,16H,5-6,8-10H2,(H,22,26)/t13-,16-/m0/s1. The Labute approximate surface area is 181 Å². The van der Waals surface area contributed by atoms with Gasteiger partial charge in [-0.25, -0.2) is 4.79 Å². The zero-order valence-electron chi connectivity index (χ0n) is 16.2.